The fraction of sp³-hybridized carbons (Fsp3) is 0.529. The maximum Gasteiger partial charge on any atom is 0.417 e. The maximum atomic E-state index is 14.1. The number of rotatable bonds is 11. The van der Waals surface area contributed by atoms with Crippen LogP contribution in [0.25, 0.3) is 11.3 Å². The third-order valence-corrected chi connectivity index (χ3v) is 11.9. The SMILES string of the molecule is CS(=O)(=O)N1CCc2c(c(-c3ccc(C(F)(F)F)c(SCCN4CCC(F)(F)C4)c3)nn2CC(O)CN2CCN(c3ccccc3C#N)CC2)C1. The topological polar surface area (TPSA) is 109 Å². The van der Waals surface area contributed by atoms with Crippen LogP contribution in [0.4, 0.5) is 27.6 Å². The number of fused-ring (bicyclic) bond motifs is 1. The number of sulfonamides is 1. The number of β-amino-alcohol motifs (C(OH)–C–C–N with tert-alkyl or cyclic N) is 1. The Morgan fingerprint density at radius 2 is 1.78 bits per heavy atom. The van der Waals surface area contributed by atoms with E-state index in [1.807, 2.05) is 18.2 Å². The van der Waals surface area contributed by atoms with Gasteiger partial charge in [0.05, 0.1) is 48.0 Å². The summed E-state index contributed by atoms with van der Waals surface area (Å²) in [5, 5.41) is 25.5. The van der Waals surface area contributed by atoms with E-state index >= 15 is 0 Å². The number of hydrogen-bond acceptors (Lipinski definition) is 9. The van der Waals surface area contributed by atoms with Crippen molar-refractivity contribution < 1.29 is 35.5 Å². The van der Waals surface area contributed by atoms with Crippen molar-refractivity contribution in [2.75, 3.05) is 75.8 Å². The van der Waals surface area contributed by atoms with E-state index in [2.05, 4.69) is 15.9 Å². The number of anilines is 1. The van der Waals surface area contributed by atoms with Crippen molar-refractivity contribution in [3.05, 3.63) is 64.8 Å². The fourth-order valence-corrected chi connectivity index (χ4v) is 8.91. The molecule has 0 radical (unpaired) electrons. The molecule has 10 nitrogen and oxygen atoms in total. The van der Waals surface area contributed by atoms with E-state index in [4.69, 9.17) is 5.10 Å². The fourth-order valence-electron chi connectivity index (χ4n) is 7.01. The third kappa shape index (κ3) is 8.86. The van der Waals surface area contributed by atoms with Crippen LogP contribution in [0.15, 0.2) is 47.4 Å². The number of hydrogen-bond donors (Lipinski definition) is 1. The van der Waals surface area contributed by atoms with Crippen molar-refractivity contribution in [2.24, 2.45) is 0 Å². The molecule has 51 heavy (non-hydrogen) atoms. The summed E-state index contributed by atoms with van der Waals surface area (Å²) in [6, 6.07) is 13.3. The minimum Gasteiger partial charge on any atom is -0.390 e. The second-order valence-electron chi connectivity index (χ2n) is 13.3. The molecule has 2 fully saturated rings. The zero-order chi connectivity index (χ0) is 36.6. The second kappa shape index (κ2) is 15.0. The van der Waals surface area contributed by atoms with Gasteiger partial charge in [-0.3, -0.25) is 14.5 Å². The summed E-state index contributed by atoms with van der Waals surface area (Å²) < 4.78 is 97.6. The second-order valence-corrected chi connectivity index (χ2v) is 16.4. The van der Waals surface area contributed by atoms with Gasteiger partial charge < -0.3 is 10.0 Å². The number of nitrogens with zero attached hydrogens (tertiary/aromatic N) is 7. The van der Waals surface area contributed by atoms with Crippen molar-refractivity contribution in [2.45, 2.75) is 49.0 Å². The molecular weight excluding hydrogens is 714 g/mol. The van der Waals surface area contributed by atoms with Gasteiger partial charge in [-0.25, -0.2) is 17.2 Å². The van der Waals surface area contributed by atoms with Gasteiger partial charge >= 0.3 is 6.18 Å². The molecule has 1 atom stereocenters. The highest BCUT2D eigenvalue weighted by Gasteiger charge is 2.38. The Bertz CT molecular complexity index is 1870. The molecule has 3 aromatic rings. The largest absolute Gasteiger partial charge is 0.417 e. The quantitative estimate of drug-likeness (QED) is 0.226. The number of halogens is 5. The Morgan fingerprint density at radius 3 is 2.45 bits per heavy atom. The highest BCUT2D eigenvalue weighted by Crippen LogP contribution is 2.40. The monoisotopic (exact) mass is 753 g/mol. The first kappa shape index (κ1) is 37.5. The Balaban J connectivity index is 1.21. The molecule has 276 valence electrons. The zero-order valence-electron chi connectivity index (χ0n) is 28.1. The van der Waals surface area contributed by atoms with Gasteiger partial charge in [0.25, 0.3) is 5.92 Å². The molecular formula is C34H40F5N7O3S2. The van der Waals surface area contributed by atoms with Gasteiger partial charge in [0.15, 0.2) is 0 Å². The highest BCUT2D eigenvalue weighted by atomic mass is 32.2. The van der Waals surface area contributed by atoms with Gasteiger partial charge in [-0.2, -0.15) is 27.8 Å². The summed E-state index contributed by atoms with van der Waals surface area (Å²) >= 11 is 0.937. The average Bonchev–Trinajstić information content (AvgIpc) is 3.62. The summed E-state index contributed by atoms with van der Waals surface area (Å²) in [4.78, 5) is 5.75. The summed E-state index contributed by atoms with van der Waals surface area (Å²) in [6.07, 6.45) is -4.36. The molecule has 3 aliphatic heterocycles. The van der Waals surface area contributed by atoms with Gasteiger partial charge in [-0.1, -0.05) is 18.2 Å². The summed E-state index contributed by atoms with van der Waals surface area (Å²) in [7, 11) is -3.58. The van der Waals surface area contributed by atoms with Crippen LogP contribution < -0.4 is 4.90 Å². The standard InChI is InChI=1S/C34H40F5N7O3S2/c1-51(48,49)45-10-8-30-27(22-45)32(24-6-7-28(34(37,38)39)31(18-24)50-17-16-43-11-9-33(35,36)23-43)41-46(30)21-26(47)20-42-12-14-44(15-13-42)29-5-3-2-4-25(29)19-40/h2-7,18,26,47H,8-17,20-23H2,1H3. The lowest BCUT2D eigenvalue weighted by Crippen LogP contribution is -2.49. The molecule has 1 N–H and O–H groups in total. The number of thioether (sulfide) groups is 1. The molecule has 4 heterocycles. The molecule has 2 saturated heterocycles. The average molecular weight is 754 g/mol. The Morgan fingerprint density at radius 1 is 1.04 bits per heavy atom. The van der Waals surface area contributed by atoms with Gasteiger partial charge in [-0.05, 0) is 24.3 Å². The number of para-hydroxylation sites is 1. The predicted molar refractivity (Wildman–Crippen MR) is 184 cm³/mol. The molecule has 0 aliphatic carbocycles. The van der Waals surface area contributed by atoms with Crippen LogP contribution in [0.3, 0.4) is 0 Å². The van der Waals surface area contributed by atoms with Gasteiger partial charge in [0.2, 0.25) is 10.0 Å². The van der Waals surface area contributed by atoms with Crippen LogP contribution in [0.1, 0.15) is 28.8 Å². The predicted octanol–water partition coefficient (Wildman–Crippen LogP) is 4.37. The number of benzene rings is 2. The molecule has 0 saturated carbocycles. The van der Waals surface area contributed by atoms with E-state index in [1.54, 1.807) is 15.6 Å². The number of aliphatic hydroxyl groups excluding tert-OH is 1. The van der Waals surface area contributed by atoms with E-state index < -0.39 is 40.3 Å². The lowest BCUT2D eigenvalue weighted by molar-refractivity contribution is -0.139. The first-order valence-corrected chi connectivity index (χ1v) is 19.6. The molecule has 2 aromatic carbocycles. The number of alkyl halides is 5. The number of piperazine rings is 1. The normalized spacial score (nSPS) is 19.6. The smallest absolute Gasteiger partial charge is 0.390 e. The van der Waals surface area contributed by atoms with Crippen LogP contribution >= 0.6 is 11.8 Å². The van der Waals surface area contributed by atoms with Gasteiger partial charge in [0.1, 0.15) is 6.07 Å². The first-order valence-electron chi connectivity index (χ1n) is 16.7. The van der Waals surface area contributed by atoms with Crippen LogP contribution in [0, 0.1) is 11.3 Å². The zero-order valence-corrected chi connectivity index (χ0v) is 29.8. The van der Waals surface area contributed by atoms with E-state index in [1.165, 1.54) is 16.4 Å². The van der Waals surface area contributed by atoms with Crippen molar-refractivity contribution in [3.8, 4) is 17.3 Å². The lowest BCUT2D eigenvalue weighted by atomic mass is 10.0. The van der Waals surface area contributed by atoms with Gasteiger partial charge in [0, 0.05) is 99.2 Å². The Labute approximate surface area is 298 Å². The maximum absolute atomic E-state index is 14.1. The van der Waals surface area contributed by atoms with E-state index in [0.717, 1.165) is 29.8 Å². The first-order chi connectivity index (χ1) is 24.1. The molecule has 17 heteroatoms. The molecule has 0 bridgehead atoms. The van der Waals surface area contributed by atoms with E-state index in [-0.39, 0.29) is 49.8 Å². The van der Waals surface area contributed by atoms with Gasteiger partial charge in [-0.15, -0.1) is 11.8 Å². The van der Waals surface area contributed by atoms with Crippen molar-refractivity contribution in [1.29, 1.82) is 5.26 Å². The van der Waals surface area contributed by atoms with E-state index in [0.29, 0.717) is 67.2 Å². The van der Waals surface area contributed by atoms with Crippen LogP contribution in [-0.4, -0.2) is 120 Å². The minimum absolute atomic E-state index is 0.0155. The molecule has 1 aromatic heterocycles. The van der Waals surface area contributed by atoms with Crippen molar-refractivity contribution in [3.63, 3.8) is 0 Å². The Hall–Kier alpha value is -3.27. The molecule has 0 amide bonds. The van der Waals surface area contributed by atoms with Crippen LogP contribution in [-0.2, 0) is 35.7 Å². The summed E-state index contributed by atoms with van der Waals surface area (Å²) in [5.41, 5.74) is 2.62. The molecule has 0 spiro atoms. The number of nitriles is 1. The Kier molecular flexibility index (Phi) is 11.0. The third-order valence-electron chi connectivity index (χ3n) is 9.63. The number of aromatic nitrogens is 2. The van der Waals surface area contributed by atoms with Crippen LogP contribution in [0.5, 0.6) is 0 Å². The summed E-state index contributed by atoms with van der Waals surface area (Å²) in [6.45, 7) is 3.26. The number of aliphatic hydroxyl groups is 1. The molecule has 3 aliphatic rings. The molecule has 6 rings (SSSR count). The lowest BCUT2D eigenvalue weighted by Gasteiger charge is -2.37. The number of likely N-dealkylation sites (tertiary alicyclic amines) is 1. The van der Waals surface area contributed by atoms with Crippen molar-refractivity contribution >= 4 is 27.5 Å². The minimum atomic E-state index is -4.65. The van der Waals surface area contributed by atoms with Crippen molar-refractivity contribution in [1.82, 2.24) is 23.9 Å². The summed E-state index contributed by atoms with van der Waals surface area (Å²) in [5.74, 6) is -2.63. The molecule has 1 unspecified atom stereocenters. The van der Waals surface area contributed by atoms with Crippen LogP contribution in [0.2, 0.25) is 0 Å². The highest BCUT2D eigenvalue weighted by molar-refractivity contribution is 7.99. The van der Waals surface area contributed by atoms with E-state index in [9.17, 15) is 40.7 Å².